The maximum atomic E-state index is 13.0. The van der Waals surface area contributed by atoms with E-state index < -0.39 is 21.3 Å². The first-order chi connectivity index (χ1) is 9.72. The molecule has 0 spiro atoms. The maximum Gasteiger partial charge on any atom is 0.463 e. The number of rotatable bonds is 2. The molecule has 0 saturated carbocycles. The number of hydrogen-bond donors (Lipinski definition) is 1. The second-order valence-corrected chi connectivity index (χ2v) is 6.05. The molecule has 0 aromatic heterocycles. The largest absolute Gasteiger partial charge is 0.463 e. The van der Waals surface area contributed by atoms with E-state index in [9.17, 15) is 17.2 Å². The van der Waals surface area contributed by atoms with Crippen LogP contribution < -0.4 is 24.9 Å². The number of hydrogen-bond acceptors (Lipinski definition) is 7. The number of benzene rings is 1. The molecule has 0 aliphatic carbocycles. The Morgan fingerprint density at radius 2 is 1.71 bits per heavy atom. The Bertz CT molecular complexity index is 859. The lowest BCUT2D eigenvalue weighted by molar-refractivity contribution is 0.0193. The van der Waals surface area contributed by atoms with Crippen molar-refractivity contribution in [2.45, 2.75) is 11.3 Å². The Kier molecular flexibility index (Phi) is 2.51. The monoisotopic (exact) mass is 316 g/mol. The van der Waals surface area contributed by atoms with Crippen LogP contribution in [0.5, 0.6) is 11.5 Å². The van der Waals surface area contributed by atoms with Crippen molar-refractivity contribution in [3.8, 4) is 17.6 Å². The van der Waals surface area contributed by atoms with E-state index in [-0.39, 0.29) is 22.2 Å². The summed E-state index contributed by atoms with van der Waals surface area (Å²) in [4.78, 5) is 6.07. The van der Waals surface area contributed by atoms with E-state index in [1.54, 1.807) is 0 Å². The molecule has 11 heteroatoms. The van der Waals surface area contributed by atoms with Crippen molar-refractivity contribution >= 4 is 10.0 Å². The Morgan fingerprint density at radius 3 is 2.10 bits per heavy atom. The first-order valence-electron chi connectivity index (χ1n) is 5.46. The smallest absolute Gasteiger partial charge is 0.424 e. The lowest BCUT2D eigenvalue weighted by atomic mass is 10.3. The Hall–Kier alpha value is -2.32. The second-order valence-electron chi connectivity index (χ2n) is 4.10. The first-order valence-corrected chi connectivity index (χ1v) is 6.94. The van der Waals surface area contributed by atoms with E-state index in [1.165, 1.54) is 6.07 Å². The van der Waals surface area contributed by atoms with Crippen LogP contribution in [0.25, 0.3) is 0 Å². The van der Waals surface area contributed by atoms with Crippen LogP contribution in [0.4, 0.5) is 8.78 Å². The van der Waals surface area contributed by atoms with Crippen LogP contribution in [0.15, 0.2) is 22.1 Å². The van der Waals surface area contributed by atoms with E-state index in [0.29, 0.717) is 0 Å². The standard InChI is InChI=1S/C10H6F2N4O4S/c1-14-21(17,18)9(4-13)19-7-2-5-6(3-8(7)20-9)16-10(11,12)15-5/h2-3,14H,1H3. The molecule has 2 heterocycles. The summed E-state index contributed by atoms with van der Waals surface area (Å²) in [5.41, 5.74) is 0. The van der Waals surface area contributed by atoms with E-state index in [4.69, 9.17) is 14.7 Å². The van der Waals surface area contributed by atoms with Gasteiger partial charge in [-0.3, -0.25) is 0 Å². The van der Waals surface area contributed by atoms with Gasteiger partial charge < -0.3 is 9.47 Å². The summed E-state index contributed by atoms with van der Waals surface area (Å²) in [6, 6.07) is 3.48. The van der Waals surface area contributed by atoms with Crippen molar-refractivity contribution in [1.29, 1.82) is 5.26 Å². The zero-order chi connectivity index (χ0) is 15.5. The van der Waals surface area contributed by atoms with E-state index in [2.05, 4.69) is 9.98 Å². The third-order valence-corrected chi connectivity index (χ3v) is 4.30. The lowest BCUT2D eigenvalue weighted by Crippen LogP contribution is -2.50. The highest BCUT2D eigenvalue weighted by molar-refractivity contribution is 7.90. The number of nitrogens with zero attached hydrogens (tertiary/aromatic N) is 3. The van der Waals surface area contributed by atoms with Gasteiger partial charge >= 0.3 is 21.3 Å². The molecule has 0 amide bonds. The van der Waals surface area contributed by atoms with Crippen LogP contribution in [0.2, 0.25) is 0 Å². The molecule has 0 atom stereocenters. The molecule has 1 N–H and O–H groups in total. The van der Waals surface area contributed by atoms with Crippen molar-refractivity contribution in [2.24, 2.45) is 9.98 Å². The molecule has 2 aliphatic rings. The molecule has 8 nitrogen and oxygen atoms in total. The van der Waals surface area contributed by atoms with Crippen LogP contribution >= 0.6 is 0 Å². The number of halogens is 2. The van der Waals surface area contributed by atoms with Crippen molar-refractivity contribution < 1.29 is 26.7 Å². The van der Waals surface area contributed by atoms with Gasteiger partial charge in [0.2, 0.25) is 0 Å². The number of ether oxygens (including phenoxy) is 2. The summed E-state index contributed by atoms with van der Waals surface area (Å²) < 4.78 is 61.6. The van der Waals surface area contributed by atoms with E-state index in [1.807, 2.05) is 4.72 Å². The molecule has 1 aromatic carbocycles. The second kappa shape index (κ2) is 3.86. The van der Waals surface area contributed by atoms with Gasteiger partial charge in [0.1, 0.15) is 0 Å². The van der Waals surface area contributed by atoms with Crippen LogP contribution in [-0.2, 0) is 10.0 Å². The summed E-state index contributed by atoms with van der Waals surface area (Å²) in [7, 11) is -3.20. The van der Waals surface area contributed by atoms with Gasteiger partial charge in [0.05, 0.1) is 10.7 Å². The molecule has 0 saturated heterocycles. The normalized spacial score (nSPS) is 20.1. The van der Waals surface area contributed by atoms with Crippen molar-refractivity contribution in [2.75, 3.05) is 7.05 Å². The summed E-state index contributed by atoms with van der Waals surface area (Å²) in [5, 5.41) is 6.07. The third-order valence-electron chi connectivity index (χ3n) is 2.80. The molecule has 0 radical (unpaired) electrons. The van der Waals surface area contributed by atoms with Crippen LogP contribution in [0.1, 0.15) is 0 Å². The summed E-state index contributed by atoms with van der Waals surface area (Å²) in [6.45, 7) is 0. The zero-order valence-electron chi connectivity index (χ0n) is 10.3. The predicted molar refractivity (Wildman–Crippen MR) is 61.3 cm³/mol. The van der Waals surface area contributed by atoms with Crippen LogP contribution in [0, 0.1) is 11.3 Å². The fourth-order valence-electron chi connectivity index (χ4n) is 1.85. The highest BCUT2D eigenvalue weighted by Gasteiger charge is 2.55. The molecule has 110 valence electrons. The number of nitrogens with one attached hydrogen (secondary N) is 1. The van der Waals surface area contributed by atoms with Gasteiger partial charge in [-0.25, -0.2) is 13.1 Å². The minimum Gasteiger partial charge on any atom is -0.424 e. The van der Waals surface area contributed by atoms with Gasteiger partial charge in [-0.1, -0.05) is 0 Å². The van der Waals surface area contributed by atoms with Crippen molar-refractivity contribution in [3.05, 3.63) is 22.8 Å². The highest BCUT2D eigenvalue weighted by atomic mass is 32.2. The molecule has 21 heavy (non-hydrogen) atoms. The number of sulfonamides is 1. The zero-order valence-corrected chi connectivity index (χ0v) is 11.1. The summed E-state index contributed by atoms with van der Waals surface area (Å²) >= 11 is 0. The van der Waals surface area contributed by atoms with Gasteiger partial charge in [-0.05, 0) is 7.05 Å². The quantitative estimate of drug-likeness (QED) is 0.702. The SMILES string of the molecule is CNS(=O)(=O)C1(C#N)Oc2cc3c(cc2O1)=NC(F)(F)N=3. The predicted octanol–water partition coefficient (Wildman–Crippen LogP) is -1.01. The molecule has 0 bridgehead atoms. The Morgan fingerprint density at radius 1 is 1.24 bits per heavy atom. The summed E-state index contributed by atoms with van der Waals surface area (Å²) in [5.74, 6) is -0.378. The van der Waals surface area contributed by atoms with Gasteiger partial charge in [-0.15, -0.1) is 0 Å². The maximum absolute atomic E-state index is 13.0. The number of fused-ring (bicyclic) bond motifs is 2. The molecule has 1 aromatic rings. The molecule has 3 rings (SSSR count). The first kappa shape index (κ1) is 13.7. The van der Waals surface area contributed by atoms with E-state index >= 15 is 0 Å². The van der Waals surface area contributed by atoms with Crippen molar-refractivity contribution in [1.82, 2.24) is 4.72 Å². The van der Waals surface area contributed by atoms with Crippen LogP contribution in [0.3, 0.4) is 0 Å². The Balaban J connectivity index is 2.15. The average molecular weight is 316 g/mol. The summed E-state index contributed by atoms with van der Waals surface area (Å²) in [6.07, 6.45) is -3.58. The van der Waals surface area contributed by atoms with Gasteiger partial charge in [0, 0.05) is 12.1 Å². The number of alkyl halides is 2. The average Bonchev–Trinajstić information content (AvgIpc) is 2.91. The topological polar surface area (TPSA) is 113 Å². The van der Waals surface area contributed by atoms with Gasteiger partial charge in [-0.2, -0.15) is 24.0 Å². The van der Waals surface area contributed by atoms with E-state index in [0.717, 1.165) is 19.2 Å². The minimum atomic E-state index is -4.28. The third kappa shape index (κ3) is 1.83. The Labute approximate surface area is 116 Å². The molecule has 2 aliphatic heterocycles. The van der Waals surface area contributed by atoms with Gasteiger partial charge in [0.15, 0.2) is 17.6 Å². The molecular formula is C10H6F2N4O4S. The van der Waals surface area contributed by atoms with Gasteiger partial charge in [0.25, 0.3) is 0 Å². The lowest BCUT2D eigenvalue weighted by Gasteiger charge is -2.18. The minimum absolute atomic E-state index is 0.182. The molecule has 0 unspecified atom stereocenters. The molecule has 0 fully saturated rings. The fourth-order valence-corrected chi connectivity index (χ4v) is 2.64. The highest BCUT2D eigenvalue weighted by Crippen LogP contribution is 2.39. The fraction of sp³-hybridized carbons (Fsp3) is 0.300. The molecular weight excluding hydrogens is 310 g/mol. The van der Waals surface area contributed by atoms with Crippen molar-refractivity contribution in [3.63, 3.8) is 0 Å². The number of nitriles is 1. The van der Waals surface area contributed by atoms with Crippen LogP contribution in [-0.4, -0.2) is 26.8 Å².